The maximum Gasteiger partial charge on any atom is 0.234 e. The second-order valence-electron chi connectivity index (χ2n) is 7.69. The van der Waals surface area contributed by atoms with Gasteiger partial charge in [0.15, 0.2) is 11.0 Å². The first kappa shape index (κ1) is 23.4. The molecule has 7 nitrogen and oxygen atoms in total. The lowest BCUT2D eigenvalue weighted by atomic mass is 10.1. The van der Waals surface area contributed by atoms with Crippen LogP contribution in [0, 0.1) is 13.8 Å². The molecule has 1 amide bonds. The molecule has 1 aromatic heterocycles. The average Bonchev–Trinajstić information content (AvgIpc) is 3.27. The maximum absolute atomic E-state index is 12.6. The molecule has 0 saturated heterocycles. The SMILES string of the molecule is COc1ccc(OCc2nnc(SCC(=O)Nc3cc(C)ccc3C)n2-c2ccccc2)cc1. The molecule has 0 atom stereocenters. The van der Waals surface area contributed by atoms with Crippen molar-refractivity contribution in [3.8, 4) is 17.2 Å². The number of methoxy groups -OCH3 is 1. The number of carbonyl (C=O) groups is 1. The van der Waals surface area contributed by atoms with Crippen LogP contribution in [-0.2, 0) is 11.4 Å². The number of nitrogens with zero attached hydrogens (tertiary/aromatic N) is 3. The van der Waals surface area contributed by atoms with Crippen molar-refractivity contribution in [2.24, 2.45) is 0 Å². The number of hydrogen-bond acceptors (Lipinski definition) is 6. The molecule has 0 fully saturated rings. The van der Waals surface area contributed by atoms with Gasteiger partial charge in [-0.3, -0.25) is 9.36 Å². The first-order valence-electron chi connectivity index (χ1n) is 10.8. The first-order valence-corrected chi connectivity index (χ1v) is 11.8. The normalized spacial score (nSPS) is 10.7. The summed E-state index contributed by atoms with van der Waals surface area (Å²) < 4.78 is 13.0. The lowest BCUT2D eigenvalue weighted by Gasteiger charge is -2.12. The second-order valence-corrected chi connectivity index (χ2v) is 8.63. The molecule has 3 aromatic carbocycles. The van der Waals surface area contributed by atoms with Gasteiger partial charge in [-0.15, -0.1) is 10.2 Å². The number of amides is 1. The van der Waals surface area contributed by atoms with Crippen LogP contribution in [0.15, 0.2) is 78.0 Å². The van der Waals surface area contributed by atoms with Crippen LogP contribution in [0.1, 0.15) is 17.0 Å². The van der Waals surface area contributed by atoms with Gasteiger partial charge in [0.05, 0.1) is 12.9 Å². The number of ether oxygens (including phenoxy) is 2. The topological polar surface area (TPSA) is 78.3 Å². The molecular weight excluding hydrogens is 448 g/mol. The molecule has 0 unspecified atom stereocenters. The fourth-order valence-corrected chi connectivity index (χ4v) is 4.10. The molecule has 0 radical (unpaired) electrons. The van der Waals surface area contributed by atoms with E-state index in [1.165, 1.54) is 11.8 Å². The van der Waals surface area contributed by atoms with Crippen LogP contribution in [-0.4, -0.2) is 33.5 Å². The van der Waals surface area contributed by atoms with Gasteiger partial charge in [0.1, 0.15) is 18.1 Å². The van der Waals surface area contributed by atoms with Crippen LogP contribution in [0.4, 0.5) is 5.69 Å². The summed E-state index contributed by atoms with van der Waals surface area (Å²) >= 11 is 1.33. The molecule has 8 heteroatoms. The average molecular weight is 475 g/mol. The Bertz CT molecular complexity index is 1260. The van der Waals surface area contributed by atoms with E-state index in [-0.39, 0.29) is 18.3 Å². The monoisotopic (exact) mass is 474 g/mol. The molecule has 0 aliphatic heterocycles. The number of hydrogen-bond donors (Lipinski definition) is 1. The predicted octanol–water partition coefficient (Wildman–Crippen LogP) is 5.20. The summed E-state index contributed by atoms with van der Waals surface area (Å²) in [7, 11) is 1.62. The lowest BCUT2D eigenvalue weighted by Crippen LogP contribution is -2.15. The predicted molar refractivity (Wildman–Crippen MR) is 134 cm³/mol. The molecule has 0 spiro atoms. The zero-order valence-corrected chi connectivity index (χ0v) is 20.1. The Hall–Kier alpha value is -3.78. The third kappa shape index (κ3) is 5.77. The number of carbonyl (C=O) groups excluding carboxylic acids is 1. The number of aromatic nitrogens is 3. The van der Waals surface area contributed by atoms with E-state index in [0.717, 1.165) is 28.3 Å². The molecular formula is C26H26N4O3S. The molecule has 0 aliphatic carbocycles. The van der Waals surface area contributed by atoms with Gasteiger partial charge in [0.25, 0.3) is 0 Å². The number of thioether (sulfide) groups is 1. The highest BCUT2D eigenvalue weighted by Crippen LogP contribution is 2.24. The molecule has 0 bridgehead atoms. The Balaban J connectivity index is 1.48. The number of nitrogens with one attached hydrogen (secondary N) is 1. The van der Waals surface area contributed by atoms with E-state index in [1.54, 1.807) is 7.11 Å². The van der Waals surface area contributed by atoms with E-state index in [4.69, 9.17) is 9.47 Å². The van der Waals surface area contributed by atoms with Crippen LogP contribution in [0.2, 0.25) is 0 Å². The van der Waals surface area contributed by atoms with Gasteiger partial charge in [-0.2, -0.15) is 0 Å². The van der Waals surface area contributed by atoms with Gasteiger partial charge >= 0.3 is 0 Å². The Morgan fingerprint density at radius 2 is 1.71 bits per heavy atom. The van der Waals surface area contributed by atoms with Crippen LogP contribution in [0.5, 0.6) is 11.5 Å². The van der Waals surface area contributed by atoms with Crippen molar-refractivity contribution in [2.75, 3.05) is 18.2 Å². The zero-order valence-electron chi connectivity index (χ0n) is 19.3. The summed E-state index contributed by atoms with van der Waals surface area (Å²) in [5.74, 6) is 2.21. The molecule has 1 N–H and O–H groups in total. The largest absolute Gasteiger partial charge is 0.497 e. The second kappa shape index (κ2) is 10.9. The van der Waals surface area contributed by atoms with E-state index in [2.05, 4.69) is 15.5 Å². The molecule has 34 heavy (non-hydrogen) atoms. The fourth-order valence-electron chi connectivity index (χ4n) is 3.33. The maximum atomic E-state index is 12.6. The molecule has 4 rings (SSSR count). The molecule has 1 heterocycles. The molecule has 174 valence electrons. The summed E-state index contributed by atoms with van der Waals surface area (Å²) in [6.45, 7) is 4.20. The number of aryl methyl sites for hydroxylation is 2. The first-order chi connectivity index (χ1) is 16.5. The van der Waals surface area contributed by atoms with Gasteiger partial charge in [-0.05, 0) is 67.4 Å². The molecule has 0 saturated carbocycles. The summed E-state index contributed by atoms with van der Waals surface area (Å²) in [6.07, 6.45) is 0. The van der Waals surface area contributed by atoms with Crippen LogP contribution < -0.4 is 14.8 Å². The van der Waals surface area contributed by atoms with Crippen molar-refractivity contribution in [3.63, 3.8) is 0 Å². The standard InChI is InChI=1S/C26H26N4O3S/c1-18-9-10-19(2)23(15-18)27-25(31)17-34-26-29-28-24(30(26)20-7-5-4-6-8-20)16-33-22-13-11-21(32-3)12-14-22/h4-15H,16-17H2,1-3H3,(H,27,31). The van der Waals surface area contributed by atoms with Crippen LogP contribution in [0.3, 0.4) is 0 Å². The smallest absolute Gasteiger partial charge is 0.234 e. The zero-order chi connectivity index (χ0) is 23.9. The number of rotatable bonds is 9. The van der Waals surface area contributed by atoms with Gasteiger partial charge in [-0.1, -0.05) is 42.1 Å². The summed E-state index contributed by atoms with van der Waals surface area (Å²) in [4.78, 5) is 12.6. The van der Waals surface area contributed by atoms with Crippen molar-refractivity contribution < 1.29 is 14.3 Å². The van der Waals surface area contributed by atoms with E-state index in [1.807, 2.05) is 91.2 Å². The summed E-state index contributed by atoms with van der Waals surface area (Å²) in [5, 5.41) is 12.3. The quantitative estimate of drug-likeness (QED) is 0.336. The Labute approximate surface area is 203 Å². The Morgan fingerprint density at radius 1 is 0.971 bits per heavy atom. The number of para-hydroxylation sites is 1. The minimum Gasteiger partial charge on any atom is -0.497 e. The highest BCUT2D eigenvalue weighted by atomic mass is 32.2. The molecule has 0 aliphatic rings. The summed E-state index contributed by atoms with van der Waals surface area (Å²) in [5.41, 5.74) is 3.84. The van der Waals surface area contributed by atoms with Crippen LogP contribution in [0.25, 0.3) is 5.69 Å². The van der Waals surface area contributed by atoms with Crippen molar-refractivity contribution in [3.05, 3.63) is 89.7 Å². The Morgan fingerprint density at radius 3 is 2.44 bits per heavy atom. The minimum absolute atomic E-state index is 0.0997. The molecule has 4 aromatic rings. The van der Waals surface area contributed by atoms with Crippen molar-refractivity contribution >= 4 is 23.4 Å². The van der Waals surface area contributed by atoms with Crippen molar-refractivity contribution in [1.29, 1.82) is 0 Å². The highest BCUT2D eigenvalue weighted by molar-refractivity contribution is 7.99. The van der Waals surface area contributed by atoms with Crippen molar-refractivity contribution in [1.82, 2.24) is 14.8 Å². The minimum atomic E-state index is -0.0997. The van der Waals surface area contributed by atoms with Gasteiger partial charge in [0, 0.05) is 11.4 Å². The van der Waals surface area contributed by atoms with Gasteiger partial charge < -0.3 is 14.8 Å². The van der Waals surface area contributed by atoms with Crippen molar-refractivity contribution in [2.45, 2.75) is 25.6 Å². The van der Waals surface area contributed by atoms with E-state index >= 15 is 0 Å². The highest BCUT2D eigenvalue weighted by Gasteiger charge is 2.17. The number of anilines is 1. The number of benzene rings is 3. The van der Waals surface area contributed by atoms with Gasteiger partial charge in [-0.25, -0.2) is 0 Å². The fraction of sp³-hybridized carbons (Fsp3) is 0.192. The third-order valence-electron chi connectivity index (χ3n) is 5.14. The summed E-state index contributed by atoms with van der Waals surface area (Å²) in [6, 6.07) is 23.2. The van der Waals surface area contributed by atoms with Crippen LogP contribution >= 0.6 is 11.8 Å². The van der Waals surface area contributed by atoms with E-state index < -0.39 is 0 Å². The van der Waals surface area contributed by atoms with Gasteiger partial charge in [0.2, 0.25) is 5.91 Å². The lowest BCUT2D eigenvalue weighted by molar-refractivity contribution is -0.113. The van der Waals surface area contributed by atoms with E-state index in [9.17, 15) is 4.79 Å². The Kier molecular flexibility index (Phi) is 7.49. The third-order valence-corrected chi connectivity index (χ3v) is 6.07. The van der Waals surface area contributed by atoms with E-state index in [0.29, 0.717) is 16.7 Å².